The number of benzene rings is 1. The van der Waals surface area contributed by atoms with Crippen molar-refractivity contribution >= 4 is 17.6 Å². The molecule has 1 heterocycles. The van der Waals surface area contributed by atoms with Crippen molar-refractivity contribution in [2.45, 2.75) is 12.5 Å². The van der Waals surface area contributed by atoms with Crippen LogP contribution in [0.5, 0.6) is 5.75 Å². The Balaban J connectivity index is 2.18. The summed E-state index contributed by atoms with van der Waals surface area (Å²) in [5.41, 5.74) is -0.875. The highest BCUT2D eigenvalue weighted by molar-refractivity contribution is 5.99. The molecule has 2 rings (SSSR count). The van der Waals surface area contributed by atoms with Crippen molar-refractivity contribution in [3.63, 3.8) is 0 Å². The second-order valence-corrected chi connectivity index (χ2v) is 4.21. The number of carbonyl (C=O) groups excluding carboxylic acids is 1. The summed E-state index contributed by atoms with van der Waals surface area (Å²) < 4.78 is 9.83. The van der Waals surface area contributed by atoms with E-state index in [1.807, 2.05) is 0 Å². The second kappa shape index (κ2) is 4.64. The Bertz CT molecular complexity index is 549. The lowest BCUT2D eigenvalue weighted by atomic mass is 10.1. The average Bonchev–Trinajstić information content (AvgIpc) is 2.67. The molecule has 0 saturated carbocycles. The molecule has 19 heavy (non-hydrogen) atoms. The molecule has 1 aliphatic heterocycles. The molecule has 6 heteroatoms. The first-order valence-electron chi connectivity index (χ1n) is 5.55. The van der Waals surface area contributed by atoms with Crippen LogP contribution in [0.3, 0.4) is 0 Å². The van der Waals surface area contributed by atoms with E-state index in [1.165, 1.54) is 13.0 Å². The van der Waals surface area contributed by atoms with Gasteiger partial charge in [-0.1, -0.05) is 0 Å². The van der Waals surface area contributed by atoms with Gasteiger partial charge in [-0.2, -0.15) is 0 Å². The van der Waals surface area contributed by atoms with Crippen LogP contribution in [-0.4, -0.2) is 29.8 Å². The maximum Gasteiger partial charge on any atom is 0.356 e. The first-order valence-corrected chi connectivity index (χ1v) is 5.55. The Morgan fingerprint density at radius 2 is 2.00 bits per heavy atom. The van der Waals surface area contributed by atoms with Crippen LogP contribution in [0.15, 0.2) is 36.0 Å². The molecule has 0 amide bonds. The molecule has 0 aliphatic carbocycles. The van der Waals surface area contributed by atoms with Crippen molar-refractivity contribution in [1.82, 2.24) is 0 Å². The van der Waals surface area contributed by atoms with Gasteiger partial charge in [0.1, 0.15) is 11.4 Å². The van der Waals surface area contributed by atoms with Crippen LogP contribution in [-0.2, 0) is 14.3 Å². The predicted molar refractivity (Wildman–Crippen MR) is 66.8 cm³/mol. The van der Waals surface area contributed by atoms with Crippen LogP contribution < -0.4 is 10.1 Å². The monoisotopic (exact) mass is 263 g/mol. The summed E-state index contributed by atoms with van der Waals surface area (Å²) in [6.07, 6.45) is 1.25. The molecule has 1 aromatic carbocycles. The van der Waals surface area contributed by atoms with E-state index in [0.29, 0.717) is 11.4 Å². The lowest BCUT2D eigenvalue weighted by molar-refractivity contribution is -0.165. The molecule has 0 aromatic heterocycles. The molecule has 2 N–H and O–H groups in total. The maximum absolute atomic E-state index is 11.6. The van der Waals surface area contributed by atoms with Gasteiger partial charge in [0.15, 0.2) is 0 Å². The largest absolute Gasteiger partial charge is 0.497 e. The number of hydrogen-bond donors (Lipinski definition) is 2. The van der Waals surface area contributed by atoms with Crippen molar-refractivity contribution < 1.29 is 24.2 Å². The number of rotatable bonds is 4. The van der Waals surface area contributed by atoms with Gasteiger partial charge >= 0.3 is 11.9 Å². The molecule has 100 valence electrons. The number of cyclic esters (lactones) is 1. The van der Waals surface area contributed by atoms with Crippen molar-refractivity contribution in [3.8, 4) is 5.75 Å². The zero-order valence-electron chi connectivity index (χ0n) is 10.5. The molecular weight excluding hydrogens is 250 g/mol. The fraction of sp³-hybridized carbons (Fsp3) is 0.231. The van der Waals surface area contributed by atoms with Gasteiger partial charge in [0.05, 0.1) is 7.11 Å². The number of nitrogens with one attached hydrogen (secondary N) is 1. The number of methoxy groups -OCH3 is 1. The molecule has 1 aliphatic rings. The van der Waals surface area contributed by atoms with Gasteiger partial charge in [0.25, 0.3) is 0 Å². The molecule has 1 atom stereocenters. The zero-order chi connectivity index (χ0) is 14.0. The number of hydrogen-bond acceptors (Lipinski definition) is 5. The number of aliphatic carboxylic acids is 1. The van der Waals surface area contributed by atoms with Crippen LogP contribution in [0.1, 0.15) is 6.92 Å². The Morgan fingerprint density at radius 1 is 1.37 bits per heavy atom. The molecule has 0 fully saturated rings. The highest BCUT2D eigenvalue weighted by atomic mass is 16.6. The predicted octanol–water partition coefficient (Wildman–Crippen LogP) is 1.39. The highest BCUT2D eigenvalue weighted by Crippen LogP contribution is 2.26. The Kier molecular flexibility index (Phi) is 3.16. The van der Waals surface area contributed by atoms with E-state index in [-0.39, 0.29) is 5.70 Å². The summed E-state index contributed by atoms with van der Waals surface area (Å²) in [6, 6.07) is 6.87. The summed E-state index contributed by atoms with van der Waals surface area (Å²) in [6.45, 7) is 1.32. The SMILES string of the molecule is COc1ccc(NC2=CC(C)(C(=O)O)OC2=O)cc1. The summed E-state index contributed by atoms with van der Waals surface area (Å²) >= 11 is 0. The third-order valence-electron chi connectivity index (χ3n) is 2.74. The lowest BCUT2D eigenvalue weighted by Crippen LogP contribution is -2.34. The molecule has 0 bridgehead atoms. The Labute approximate surface area is 109 Å². The normalized spacial score (nSPS) is 21.6. The second-order valence-electron chi connectivity index (χ2n) is 4.21. The standard InChI is InChI=1S/C13H13NO5/c1-13(12(16)17)7-10(11(15)19-13)14-8-3-5-9(18-2)6-4-8/h3-7,14H,1-2H3,(H,16,17). The van der Waals surface area contributed by atoms with Gasteiger partial charge in [0, 0.05) is 11.8 Å². The molecule has 0 spiro atoms. The first-order chi connectivity index (χ1) is 8.94. The fourth-order valence-electron chi connectivity index (χ4n) is 1.63. The Hall–Kier alpha value is -2.50. The first kappa shape index (κ1) is 12.9. The van der Waals surface area contributed by atoms with Gasteiger partial charge in [-0.05, 0) is 31.2 Å². The fourth-order valence-corrected chi connectivity index (χ4v) is 1.63. The molecule has 0 radical (unpaired) electrons. The van der Waals surface area contributed by atoms with Crippen LogP contribution >= 0.6 is 0 Å². The minimum absolute atomic E-state index is 0.107. The van der Waals surface area contributed by atoms with Gasteiger partial charge in [-0.25, -0.2) is 9.59 Å². The molecule has 1 aromatic rings. The van der Waals surface area contributed by atoms with Crippen LogP contribution in [0.2, 0.25) is 0 Å². The zero-order valence-corrected chi connectivity index (χ0v) is 10.5. The smallest absolute Gasteiger partial charge is 0.356 e. The summed E-state index contributed by atoms with van der Waals surface area (Å²) in [5.74, 6) is -1.22. The topological polar surface area (TPSA) is 84.9 Å². The molecule has 6 nitrogen and oxygen atoms in total. The minimum atomic E-state index is -1.62. The molecule has 1 unspecified atom stereocenters. The van der Waals surface area contributed by atoms with Gasteiger partial charge in [0.2, 0.25) is 5.60 Å². The minimum Gasteiger partial charge on any atom is -0.497 e. The van der Waals surface area contributed by atoms with Crippen LogP contribution in [0.4, 0.5) is 5.69 Å². The number of anilines is 1. The van der Waals surface area contributed by atoms with Crippen LogP contribution in [0.25, 0.3) is 0 Å². The van der Waals surface area contributed by atoms with E-state index in [4.69, 9.17) is 14.6 Å². The van der Waals surface area contributed by atoms with Crippen molar-refractivity contribution in [2.24, 2.45) is 0 Å². The van der Waals surface area contributed by atoms with E-state index in [2.05, 4.69) is 5.32 Å². The number of carboxylic acid groups (broad SMARTS) is 1. The summed E-state index contributed by atoms with van der Waals surface area (Å²) in [5, 5.41) is 11.8. The lowest BCUT2D eigenvalue weighted by Gasteiger charge is -2.13. The van der Waals surface area contributed by atoms with Gasteiger partial charge < -0.3 is 19.9 Å². The quantitative estimate of drug-likeness (QED) is 0.798. The van der Waals surface area contributed by atoms with Crippen molar-refractivity contribution in [2.75, 3.05) is 12.4 Å². The third kappa shape index (κ3) is 2.52. The summed E-state index contributed by atoms with van der Waals surface area (Å²) in [7, 11) is 1.55. The van der Waals surface area contributed by atoms with Gasteiger partial charge in [-0.15, -0.1) is 0 Å². The Morgan fingerprint density at radius 3 is 2.47 bits per heavy atom. The van der Waals surface area contributed by atoms with E-state index in [0.717, 1.165) is 0 Å². The number of ether oxygens (including phenoxy) is 2. The van der Waals surface area contributed by atoms with Gasteiger partial charge in [-0.3, -0.25) is 0 Å². The summed E-state index contributed by atoms with van der Waals surface area (Å²) in [4.78, 5) is 22.6. The van der Waals surface area contributed by atoms with E-state index in [1.54, 1.807) is 31.4 Å². The number of carboxylic acids is 1. The van der Waals surface area contributed by atoms with Crippen molar-refractivity contribution in [1.29, 1.82) is 0 Å². The highest BCUT2D eigenvalue weighted by Gasteiger charge is 2.42. The molecule has 0 saturated heterocycles. The number of carbonyl (C=O) groups is 2. The maximum atomic E-state index is 11.6. The number of esters is 1. The molecular formula is C13H13NO5. The third-order valence-corrected chi connectivity index (χ3v) is 2.74. The van der Waals surface area contributed by atoms with Crippen LogP contribution in [0, 0.1) is 0 Å². The van der Waals surface area contributed by atoms with E-state index < -0.39 is 17.5 Å². The van der Waals surface area contributed by atoms with Crippen molar-refractivity contribution in [3.05, 3.63) is 36.0 Å². The van der Waals surface area contributed by atoms with E-state index in [9.17, 15) is 9.59 Å². The average molecular weight is 263 g/mol. The van der Waals surface area contributed by atoms with E-state index >= 15 is 0 Å².